The number of anilines is 1. The Hall–Kier alpha value is -3.46. The topological polar surface area (TPSA) is 80.6 Å². The number of nitrogens with zero attached hydrogens (tertiary/aromatic N) is 1. The molecule has 0 fully saturated rings. The Morgan fingerprint density at radius 3 is 2.81 bits per heavy atom. The molecule has 0 radical (unpaired) electrons. The van der Waals surface area contributed by atoms with Crippen molar-refractivity contribution in [1.29, 1.82) is 5.26 Å². The average molecular weight is 350 g/mol. The maximum Gasteiger partial charge on any atom is 0.266 e. The second-order valence-electron chi connectivity index (χ2n) is 5.49. The molecule has 0 saturated carbocycles. The highest BCUT2D eigenvalue weighted by Crippen LogP contribution is 2.32. The van der Waals surface area contributed by atoms with Gasteiger partial charge in [0.25, 0.3) is 5.91 Å². The molecule has 0 bridgehead atoms. The molecule has 2 aromatic rings. The van der Waals surface area contributed by atoms with Crippen molar-refractivity contribution in [1.82, 2.24) is 0 Å². The van der Waals surface area contributed by atoms with Crippen molar-refractivity contribution in [3.05, 3.63) is 53.6 Å². The molecule has 1 aliphatic rings. The minimum absolute atomic E-state index is 0.00598. The Morgan fingerprint density at radius 2 is 2.04 bits per heavy atom. The third-order valence-electron chi connectivity index (χ3n) is 3.65. The van der Waals surface area contributed by atoms with E-state index in [1.165, 1.54) is 6.08 Å². The van der Waals surface area contributed by atoms with E-state index in [0.29, 0.717) is 48.3 Å². The summed E-state index contributed by atoms with van der Waals surface area (Å²) < 4.78 is 16.4. The normalized spacial score (nSPS) is 12.8. The molecule has 1 aliphatic heterocycles. The Morgan fingerprint density at radius 1 is 1.23 bits per heavy atom. The van der Waals surface area contributed by atoms with Gasteiger partial charge in [-0.3, -0.25) is 4.79 Å². The summed E-state index contributed by atoms with van der Waals surface area (Å²) in [6.07, 6.45) is 1.52. The first kappa shape index (κ1) is 17.4. The number of amides is 1. The van der Waals surface area contributed by atoms with Crippen LogP contribution < -0.4 is 19.5 Å². The molecule has 1 N–H and O–H groups in total. The fourth-order valence-electron chi connectivity index (χ4n) is 2.50. The molecule has 3 rings (SSSR count). The molecule has 0 spiro atoms. The first-order valence-corrected chi connectivity index (χ1v) is 8.25. The highest BCUT2D eigenvalue weighted by atomic mass is 16.6. The van der Waals surface area contributed by atoms with Crippen LogP contribution in [-0.2, 0) is 4.79 Å². The Labute approximate surface area is 151 Å². The van der Waals surface area contributed by atoms with E-state index in [0.717, 1.165) is 0 Å². The fourth-order valence-corrected chi connectivity index (χ4v) is 2.50. The van der Waals surface area contributed by atoms with Crippen LogP contribution in [-0.4, -0.2) is 25.7 Å². The Kier molecular flexibility index (Phi) is 5.40. The van der Waals surface area contributed by atoms with Crippen LogP contribution in [0.15, 0.2) is 48.0 Å². The van der Waals surface area contributed by atoms with Gasteiger partial charge in [0.1, 0.15) is 30.6 Å². The lowest BCUT2D eigenvalue weighted by Crippen LogP contribution is -2.17. The number of fused-ring (bicyclic) bond motifs is 1. The first-order chi connectivity index (χ1) is 12.7. The van der Waals surface area contributed by atoms with Crippen molar-refractivity contribution < 1.29 is 19.0 Å². The van der Waals surface area contributed by atoms with Crippen LogP contribution in [0.3, 0.4) is 0 Å². The maximum atomic E-state index is 12.4. The standard InChI is InChI=1S/C20H18N2O4/c1-2-24-17-5-3-4-14(11-17)10-15(13-21)20(23)22-16-6-7-18-19(12-16)26-9-8-25-18/h3-7,10-12H,2,8-9H2,1H3,(H,22,23)/b15-10-. The van der Waals surface area contributed by atoms with Gasteiger partial charge in [0.2, 0.25) is 0 Å². The smallest absolute Gasteiger partial charge is 0.266 e. The summed E-state index contributed by atoms with van der Waals surface area (Å²) in [4.78, 5) is 12.4. The summed E-state index contributed by atoms with van der Waals surface area (Å²) >= 11 is 0. The highest BCUT2D eigenvalue weighted by Gasteiger charge is 2.14. The summed E-state index contributed by atoms with van der Waals surface area (Å²) in [5, 5.41) is 12.1. The molecule has 6 heteroatoms. The van der Waals surface area contributed by atoms with Crippen LogP contribution in [0.2, 0.25) is 0 Å². The van der Waals surface area contributed by atoms with Crippen molar-refractivity contribution in [3.63, 3.8) is 0 Å². The van der Waals surface area contributed by atoms with E-state index in [2.05, 4.69) is 5.32 Å². The minimum Gasteiger partial charge on any atom is -0.494 e. The molecule has 132 valence electrons. The molecular weight excluding hydrogens is 332 g/mol. The maximum absolute atomic E-state index is 12.4. The second-order valence-corrected chi connectivity index (χ2v) is 5.49. The van der Waals surface area contributed by atoms with Crippen LogP contribution in [0.25, 0.3) is 6.08 Å². The summed E-state index contributed by atoms with van der Waals surface area (Å²) in [7, 11) is 0. The number of ether oxygens (including phenoxy) is 3. The van der Waals surface area contributed by atoms with E-state index in [9.17, 15) is 10.1 Å². The summed E-state index contributed by atoms with van der Waals surface area (Å²) in [5.74, 6) is 1.40. The van der Waals surface area contributed by atoms with E-state index in [-0.39, 0.29) is 5.57 Å². The molecule has 0 aliphatic carbocycles. The Balaban J connectivity index is 1.77. The van der Waals surface area contributed by atoms with Crippen LogP contribution in [0, 0.1) is 11.3 Å². The molecule has 26 heavy (non-hydrogen) atoms. The van der Waals surface area contributed by atoms with E-state index < -0.39 is 5.91 Å². The van der Waals surface area contributed by atoms with Gasteiger partial charge in [0.05, 0.1) is 6.61 Å². The van der Waals surface area contributed by atoms with E-state index in [4.69, 9.17) is 14.2 Å². The SMILES string of the molecule is CCOc1cccc(/C=C(/C#N)C(=O)Nc2ccc3c(c2)OCCO3)c1. The van der Waals surface area contributed by atoms with Crippen LogP contribution in [0.1, 0.15) is 12.5 Å². The molecule has 1 heterocycles. The number of carbonyl (C=O) groups excluding carboxylic acids is 1. The molecule has 0 saturated heterocycles. The molecule has 1 amide bonds. The second kappa shape index (κ2) is 8.08. The van der Waals surface area contributed by atoms with Gasteiger partial charge in [-0.25, -0.2) is 0 Å². The van der Waals surface area contributed by atoms with E-state index >= 15 is 0 Å². The number of hydrogen-bond donors (Lipinski definition) is 1. The summed E-state index contributed by atoms with van der Waals surface area (Å²) in [5.41, 5.74) is 1.24. The lowest BCUT2D eigenvalue weighted by molar-refractivity contribution is -0.112. The predicted molar refractivity (Wildman–Crippen MR) is 97.3 cm³/mol. The predicted octanol–water partition coefficient (Wildman–Crippen LogP) is 3.40. The summed E-state index contributed by atoms with van der Waals surface area (Å²) in [6, 6.07) is 14.3. The number of nitriles is 1. The first-order valence-electron chi connectivity index (χ1n) is 8.25. The molecule has 6 nitrogen and oxygen atoms in total. The van der Waals surface area contributed by atoms with Crippen LogP contribution in [0.4, 0.5) is 5.69 Å². The molecule has 0 atom stereocenters. The van der Waals surface area contributed by atoms with Gasteiger partial charge >= 0.3 is 0 Å². The molecular formula is C20H18N2O4. The minimum atomic E-state index is -0.494. The number of carbonyl (C=O) groups is 1. The van der Waals surface area contributed by atoms with Crippen molar-refractivity contribution in [2.24, 2.45) is 0 Å². The van der Waals surface area contributed by atoms with Crippen molar-refractivity contribution in [2.75, 3.05) is 25.1 Å². The number of rotatable bonds is 5. The third kappa shape index (κ3) is 4.14. The van der Waals surface area contributed by atoms with Crippen molar-refractivity contribution in [2.45, 2.75) is 6.92 Å². The van der Waals surface area contributed by atoms with Crippen molar-refractivity contribution in [3.8, 4) is 23.3 Å². The number of hydrogen-bond acceptors (Lipinski definition) is 5. The average Bonchev–Trinajstić information content (AvgIpc) is 2.66. The molecule has 0 aromatic heterocycles. The number of benzene rings is 2. The zero-order valence-corrected chi connectivity index (χ0v) is 14.3. The lowest BCUT2D eigenvalue weighted by Gasteiger charge is -2.18. The third-order valence-corrected chi connectivity index (χ3v) is 3.65. The Bertz CT molecular complexity index is 884. The van der Waals surface area contributed by atoms with Crippen LogP contribution >= 0.6 is 0 Å². The van der Waals surface area contributed by atoms with Gasteiger partial charge < -0.3 is 19.5 Å². The monoisotopic (exact) mass is 350 g/mol. The zero-order chi connectivity index (χ0) is 18.4. The van der Waals surface area contributed by atoms with Crippen molar-refractivity contribution >= 4 is 17.7 Å². The van der Waals surface area contributed by atoms with Gasteiger partial charge in [-0.05, 0) is 42.8 Å². The van der Waals surface area contributed by atoms with Gasteiger partial charge in [0, 0.05) is 11.8 Å². The summed E-state index contributed by atoms with van der Waals surface area (Å²) in [6.45, 7) is 3.40. The van der Waals surface area contributed by atoms with Gasteiger partial charge in [-0.1, -0.05) is 12.1 Å². The lowest BCUT2D eigenvalue weighted by atomic mass is 10.1. The van der Waals surface area contributed by atoms with Gasteiger partial charge in [0.15, 0.2) is 11.5 Å². The number of nitrogens with one attached hydrogen (secondary N) is 1. The van der Waals surface area contributed by atoms with E-state index in [1.54, 1.807) is 30.3 Å². The zero-order valence-electron chi connectivity index (χ0n) is 14.3. The largest absolute Gasteiger partial charge is 0.494 e. The van der Waals surface area contributed by atoms with Crippen LogP contribution in [0.5, 0.6) is 17.2 Å². The highest BCUT2D eigenvalue weighted by molar-refractivity contribution is 6.09. The molecule has 0 unspecified atom stereocenters. The van der Waals surface area contributed by atoms with E-state index in [1.807, 2.05) is 25.1 Å². The van der Waals surface area contributed by atoms with Gasteiger partial charge in [-0.15, -0.1) is 0 Å². The van der Waals surface area contributed by atoms with Gasteiger partial charge in [-0.2, -0.15) is 5.26 Å². The molecule has 2 aromatic carbocycles. The quantitative estimate of drug-likeness (QED) is 0.660. The fraction of sp³-hybridized carbons (Fsp3) is 0.200.